The minimum absolute atomic E-state index is 0.0236. The molecule has 1 saturated heterocycles. The van der Waals surface area contributed by atoms with Crippen molar-refractivity contribution in [2.75, 3.05) is 16.3 Å². The average molecular weight is 427 g/mol. The van der Waals surface area contributed by atoms with E-state index < -0.39 is 6.04 Å². The van der Waals surface area contributed by atoms with Gasteiger partial charge in [0.2, 0.25) is 5.91 Å². The van der Waals surface area contributed by atoms with E-state index in [9.17, 15) is 9.59 Å². The topological polar surface area (TPSA) is 40.6 Å². The first-order valence-corrected chi connectivity index (χ1v) is 11.1. The highest BCUT2D eigenvalue weighted by Gasteiger charge is 2.41. The number of hydrogen-bond acceptors (Lipinski definition) is 2. The molecule has 1 atom stereocenters. The zero-order valence-electron chi connectivity index (χ0n) is 19.4. The van der Waals surface area contributed by atoms with E-state index in [0.717, 1.165) is 33.6 Å². The highest BCUT2D eigenvalue weighted by molar-refractivity contribution is 6.14. The molecule has 4 heteroatoms. The van der Waals surface area contributed by atoms with E-state index in [1.165, 1.54) is 5.56 Å². The van der Waals surface area contributed by atoms with Crippen molar-refractivity contribution in [3.63, 3.8) is 0 Å². The highest BCUT2D eigenvalue weighted by Crippen LogP contribution is 2.35. The van der Waals surface area contributed by atoms with Crippen molar-refractivity contribution in [3.8, 4) is 0 Å². The van der Waals surface area contributed by atoms with Crippen LogP contribution in [0.5, 0.6) is 0 Å². The second-order valence-electron chi connectivity index (χ2n) is 9.02. The van der Waals surface area contributed by atoms with Gasteiger partial charge in [-0.05, 0) is 73.2 Å². The largest absolute Gasteiger partial charge is 0.301 e. The maximum Gasteiger partial charge on any atom is 0.255 e. The normalized spacial score (nSPS) is 16.8. The maximum atomic E-state index is 13.9. The molecule has 0 aromatic heterocycles. The van der Waals surface area contributed by atoms with Crippen LogP contribution in [0.15, 0.2) is 66.7 Å². The van der Waals surface area contributed by atoms with Crippen LogP contribution >= 0.6 is 0 Å². The lowest BCUT2D eigenvalue weighted by atomic mass is 9.95. The van der Waals surface area contributed by atoms with Crippen LogP contribution in [0.1, 0.15) is 53.6 Å². The molecule has 4 rings (SSSR count). The van der Waals surface area contributed by atoms with Gasteiger partial charge < -0.3 is 4.90 Å². The van der Waals surface area contributed by atoms with Crippen molar-refractivity contribution in [2.45, 2.75) is 46.6 Å². The number of hydrogen-bond donors (Lipinski definition) is 0. The van der Waals surface area contributed by atoms with Crippen molar-refractivity contribution < 1.29 is 9.59 Å². The molecular formula is C28H30N2O2. The number of benzene rings is 3. The Morgan fingerprint density at radius 2 is 1.41 bits per heavy atom. The first-order chi connectivity index (χ1) is 15.3. The van der Waals surface area contributed by atoms with Crippen LogP contribution in [0, 0.1) is 20.8 Å². The van der Waals surface area contributed by atoms with Gasteiger partial charge in [-0.25, -0.2) is 0 Å². The predicted octanol–water partition coefficient (Wildman–Crippen LogP) is 5.86. The maximum absolute atomic E-state index is 13.9. The molecule has 0 aliphatic carbocycles. The van der Waals surface area contributed by atoms with Crippen LogP contribution < -0.4 is 9.80 Å². The lowest BCUT2D eigenvalue weighted by Crippen LogP contribution is -2.56. The summed E-state index contributed by atoms with van der Waals surface area (Å²) in [4.78, 5) is 30.6. The van der Waals surface area contributed by atoms with Crippen molar-refractivity contribution >= 4 is 23.2 Å². The molecule has 3 aromatic rings. The van der Waals surface area contributed by atoms with Gasteiger partial charge in [0.15, 0.2) is 0 Å². The van der Waals surface area contributed by atoms with Crippen LogP contribution in [-0.2, 0) is 9.59 Å². The van der Waals surface area contributed by atoms with Gasteiger partial charge in [0.05, 0.1) is 0 Å². The first kappa shape index (κ1) is 21.8. The zero-order valence-corrected chi connectivity index (χ0v) is 19.4. The van der Waals surface area contributed by atoms with Gasteiger partial charge in [-0.1, -0.05) is 61.9 Å². The summed E-state index contributed by atoms with van der Waals surface area (Å²) in [6, 6.07) is 21.1. The fraction of sp³-hybridized carbons (Fsp3) is 0.286. The molecule has 4 nitrogen and oxygen atoms in total. The Bertz CT molecular complexity index is 1150. The second-order valence-corrected chi connectivity index (χ2v) is 9.02. The number of piperazine rings is 1. The van der Waals surface area contributed by atoms with Crippen molar-refractivity contribution in [3.05, 3.63) is 94.5 Å². The molecule has 1 aliphatic heterocycles. The van der Waals surface area contributed by atoms with Crippen LogP contribution in [0.4, 0.5) is 11.4 Å². The molecule has 32 heavy (non-hydrogen) atoms. The van der Waals surface area contributed by atoms with Gasteiger partial charge in [0, 0.05) is 11.4 Å². The van der Waals surface area contributed by atoms with Crippen molar-refractivity contribution in [1.82, 2.24) is 0 Å². The molecular weight excluding hydrogens is 396 g/mol. The third kappa shape index (κ3) is 4.05. The van der Waals surface area contributed by atoms with Gasteiger partial charge in [-0.3, -0.25) is 14.5 Å². The van der Waals surface area contributed by atoms with E-state index in [-0.39, 0.29) is 18.4 Å². The number of carbonyl (C=O) groups excluding carboxylic acids is 2. The fourth-order valence-corrected chi connectivity index (χ4v) is 4.16. The van der Waals surface area contributed by atoms with E-state index in [1.54, 1.807) is 9.80 Å². The predicted molar refractivity (Wildman–Crippen MR) is 130 cm³/mol. The summed E-state index contributed by atoms with van der Waals surface area (Å²) in [6.07, 6.45) is 0. The Kier molecular flexibility index (Phi) is 5.88. The molecule has 2 amide bonds. The van der Waals surface area contributed by atoms with E-state index in [0.29, 0.717) is 5.92 Å². The summed E-state index contributed by atoms with van der Waals surface area (Å²) >= 11 is 0. The third-order valence-corrected chi connectivity index (χ3v) is 6.35. The fourth-order valence-electron chi connectivity index (χ4n) is 4.16. The highest BCUT2D eigenvalue weighted by atomic mass is 16.2. The summed E-state index contributed by atoms with van der Waals surface area (Å²) in [5.41, 5.74) is 6.90. The zero-order chi connectivity index (χ0) is 23.0. The summed E-state index contributed by atoms with van der Waals surface area (Å²) < 4.78 is 0. The van der Waals surface area contributed by atoms with Gasteiger partial charge in [-0.15, -0.1) is 0 Å². The van der Waals surface area contributed by atoms with Crippen LogP contribution in [-0.4, -0.2) is 18.4 Å². The van der Waals surface area contributed by atoms with Crippen LogP contribution in [0.3, 0.4) is 0 Å². The van der Waals surface area contributed by atoms with Crippen LogP contribution in [0.25, 0.3) is 0 Å². The van der Waals surface area contributed by atoms with Crippen molar-refractivity contribution in [2.24, 2.45) is 0 Å². The van der Waals surface area contributed by atoms with Gasteiger partial charge in [0.1, 0.15) is 12.6 Å². The summed E-state index contributed by atoms with van der Waals surface area (Å²) in [7, 11) is 0. The molecule has 1 fully saturated rings. The van der Waals surface area contributed by atoms with E-state index in [4.69, 9.17) is 0 Å². The average Bonchev–Trinajstić information content (AvgIpc) is 2.77. The minimum atomic E-state index is -0.707. The number of rotatable bonds is 4. The number of amides is 2. The van der Waals surface area contributed by atoms with E-state index in [2.05, 4.69) is 26.0 Å². The minimum Gasteiger partial charge on any atom is -0.301 e. The number of carbonyl (C=O) groups is 2. The van der Waals surface area contributed by atoms with Crippen LogP contribution in [0.2, 0.25) is 0 Å². The number of nitrogens with zero attached hydrogens (tertiary/aromatic N) is 2. The Labute approximate surface area is 190 Å². The lowest BCUT2D eigenvalue weighted by molar-refractivity contribution is -0.128. The third-order valence-electron chi connectivity index (χ3n) is 6.35. The monoisotopic (exact) mass is 426 g/mol. The van der Waals surface area contributed by atoms with E-state index in [1.807, 2.05) is 75.4 Å². The quantitative estimate of drug-likeness (QED) is 0.524. The molecule has 0 spiro atoms. The summed E-state index contributed by atoms with van der Waals surface area (Å²) in [5, 5.41) is 0. The summed E-state index contributed by atoms with van der Waals surface area (Å²) in [6.45, 7) is 10.4. The van der Waals surface area contributed by atoms with Gasteiger partial charge in [-0.2, -0.15) is 0 Å². The Hall–Kier alpha value is -3.40. The SMILES string of the molecule is Cc1ccc(N2C(=O)CN(c3ccc(C)c(C)c3)C(=O)[C@@H]2c2ccc(C(C)C)cc2)cc1. The lowest BCUT2D eigenvalue weighted by Gasteiger charge is -2.40. The molecule has 0 unspecified atom stereocenters. The van der Waals surface area contributed by atoms with E-state index >= 15 is 0 Å². The molecule has 0 bridgehead atoms. The number of aryl methyl sites for hydroxylation is 3. The Morgan fingerprint density at radius 3 is 2.00 bits per heavy atom. The van der Waals surface area contributed by atoms with Gasteiger partial charge >= 0.3 is 0 Å². The smallest absolute Gasteiger partial charge is 0.255 e. The molecule has 164 valence electrons. The number of anilines is 2. The molecule has 0 saturated carbocycles. The molecule has 1 aliphatic rings. The molecule has 0 radical (unpaired) electrons. The molecule has 3 aromatic carbocycles. The first-order valence-electron chi connectivity index (χ1n) is 11.1. The molecule has 1 heterocycles. The Balaban J connectivity index is 1.80. The molecule has 0 N–H and O–H groups in total. The second kappa shape index (κ2) is 8.62. The Morgan fingerprint density at radius 1 is 0.781 bits per heavy atom. The standard InChI is InChI=1S/C28H30N2O2/c1-18(2)22-9-11-23(12-10-22)27-28(32)29(25-15-8-20(4)21(5)16-25)17-26(31)30(27)24-13-6-19(3)7-14-24/h6-16,18,27H,17H2,1-5H3/t27-/m0/s1. The van der Waals surface area contributed by atoms with Crippen molar-refractivity contribution in [1.29, 1.82) is 0 Å². The summed E-state index contributed by atoms with van der Waals surface area (Å²) in [5.74, 6) is 0.211. The van der Waals surface area contributed by atoms with Gasteiger partial charge in [0.25, 0.3) is 5.91 Å².